The van der Waals surface area contributed by atoms with E-state index in [1.54, 1.807) is 0 Å². The van der Waals surface area contributed by atoms with E-state index in [2.05, 4.69) is 24.1 Å². The van der Waals surface area contributed by atoms with Crippen molar-refractivity contribution in [2.24, 2.45) is 17.8 Å². The first-order valence-electron chi connectivity index (χ1n) is 8.19. The average molecular weight is 264 g/mol. The van der Waals surface area contributed by atoms with Crippen LogP contribution < -0.4 is 5.32 Å². The van der Waals surface area contributed by atoms with E-state index in [0.717, 1.165) is 19.0 Å². The molecule has 0 radical (unpaired) electrons. The minimum atomic E-state index is 0.223. The molecular weight excluding hydrogens is 236 g/mol. The number of hydrogen-bond acceptors (Lipinski definition) is 2. The summed E-state index contributed by atoms with van der Waals surface area (Å²) >= 11 is 0. The predicted octanol–water partition coefficient (Wildman–Crippen LogP) is 2.41. The lowest BCUT2D eigenvalue weighted by molar-refractivity contribution is -0.141. The first-order valence-corrected chi connectivity index (χ1v) is 8.19. The van der Waals surface area contributed by atoms with Crippen LogP contribution in [0.5, 0.6) is 0 Å². The van der Waals surface area contributed by atoms with Gasteiger partial charge in [-0.1, -0.05) is 13.8 Å². The molecule has 1 aliphatic heterocycles. The van der Waals surface area contributed by atoms with Gasteiger partial charge < -0.3 is 10.2 Å². The molecule has 0 bridgehead atoms. The van der Waals surface area contributed by atoms with E-state index in [4.69, 9.17) is 0 Å². The van der Waals surface area contributed by atoms with Gasteiger partial charge in [0.2, 0.25) is 5.91 Å². The van der Waals surface area contributed by atoms with Crippen LogP contribution in [0.3, 0.4) is 0 Å². The zero-order valence-electron chi connectivity index (χ0n) is 12.4. The molecule has 3 aliphatic rings. The first kappa shape index (κ1) is 13.4. The van der Waals surface area contributed by atoms with Gasteiger partial charge in [-0.2, -0.15) is 0 Å². The molecule has 3 fully saturated rings. The number of carbonyl (C=O) groups excluding carboxylic acids is 1. The third-order valence-electron chi connectivity index (χ3n) is 5.48. The zero-order chi connectivity index (χ0) is 13.4. The van der Waals surface area contributed by atoms with E-state index in [9.17, 15) is 4.79 Å². The SMILES string of the molecule is CC1CCC(N(C(=O)C(C)C2CNC2)C2CC2)CC1. The van der Waals surface area contributed by atoms with Gasteiger partial charge >= 0.3 is 0 Å². The van der Waals surface area contributed by atoms with Gasteiger partial charge in [0.15, 0.2) is 0 Å². The third-order valence-corrected chi connectivity index (χ3v) is 5.48. The zero-order valence-corrected chi connectivity index (χ0v) is 12.4. The average Bonchev–Trinajstić information content (AvgIpc) is 3.14. The van der Waals surface area contributed by atoms with Crippen molar-refractivity contribution in [1.29, 1.82) is 0 Å². The van der Waals surface area contributed by atoms with Gasteiger partial charge in [-0.25, -0.2) is 0 Å². The lowest BCUT2D eigenvalue weighted by atomic mass is 9.84. The first-order chi connectivity index (χ1) is 9.16. The molecule has 0 aromatic carbocycles. The van der Waals surface area contributed by atoms with E-state index in [-0.39, 0.29) is 5.92 Å². The second kappa shape index (κ2) is 5.43. The molecule has 1 heterocycles. The van der Waals surface area contributed by atoms with Gasteiger partial charge in [-0.15, -0.1) is 0 Å². The number of carbonyl (C=O) groups is 1. The molecule has 0 aromatic heterocycles. The predicted molar refractivity (Wildman–Crippen MR) is 76.8 cm³/mol. The van der Waals surface area contributed by atoms with Gasteiger partial charge in [0.05, 0.1) is 0 Å². The maximum atomic E-state index is 12.8. The van der Waals surface area contributed by atoms with Crippen molar-refractivity contribution in [3.63, 3.8) is 0 Å². The molecule has 0 aromatic rings. The van der Waals surface area contributed by atoms with Crippen molar-refractivity contribution in [2.75, 3.05) is 13.1 Å². The summed E-state index contributed by atoms with van der Waals surface area (Å²) in [7, 11) is 0. The Morgan fingerprint density at radius 2 is 1.58 bits per heavy atom. The van der Waals surface area contributed by atoms with E-state index in [0.29, 0.717) is 23.9 Å². The Labute approximate surface area is 117 Å². The lowest BCUT2D eigenvalue weighted by Gasteiger charge is -2.40. The van der Waals surface area contributed by atoms with E-state index in [1.165, 1.54) is 38.5 Å². The fraction of sp³-hybridized carbons (Fsp3) is 0.938. The van der Waals surface area contributed by atoms with Crippen molar-refractivity contribution in [1.82, 2.24) is 10.2 Å². The number of rotatable bonds is 4. The second-order valence-electron chi connectivity index (χ2n) is 7.10. The van der Waals surface area contributed by atoms with Gasteiger partial charge in [0, 0.05) is 18.0 Å². The van der Waals surface area contributed by atoms with Crippen molar-refractivity contribution >= 4 is 5.91 Å². The third kappa shape index (κ3) is 2.81. The normalized spacial score (nSPS) is 33.6. The number of nitrogens with one attached hydrogen (secondary N) is 1. The largest absolute Gasteiger partial charge is 0.336 e. The van der Waals surface area contributed by atoms with Gasteiger partial charge in [0.25, 0.3) is 0 Å². The van der Waals surface area contributed by atoms with Gasteiger partial charge in [-0.3, -0.25) is 4.79 Å². The summed E-state index contributed by atoms with van der Waals surface area (Å²) in [5.74, 6) is 2.12. The topological polar surface area (TPSA) is 32.3 Å². The van der Waals surface area contributed by atoms with Crippen LogP contribution >= 0.6 is 0 Å². The Hall–Kier alpha value is -0.570. The van der Waals surface area contributed by atoms with Crippen molar-refractivity contribution < 1.29 is 4.79 Å². The van der Waals surface area contributed by atoms with Crippen molar-refractivity contribution in [3.8, 4) is 0 Å². The summed E-state index contributed by atoms with van der Waals surface area (Å²) in [5, 5.41) is 3.30. The van der Waals surface area contributed by atoms with Crippen LogP contribution in [0.1, 0.15) is 52.4 Å². The van der Waals surface area contributed by atoms with Crippen molar-refractivity contribution in [2.45, 2.75) is 64.5 Å². The Morgan fingerprint density at radius 3 is 2.00 bits per heavy atom. The standard InChI is InChI=1S/C16H28N2O/c1-11-3-5-14(6-4-11)18(15-7-8-15)16(19)12(2)13-9-17-10-13/h11-15,17H,3-10H2,1-2H3. The molecule has 2 saturated carbocycles. The number of amides is 1. The quantitative estimate of drug-likeness (QED) is 0.845. The van der Waals surface area contributed by atoms with E-state index in [1.807, 2.05) is 0 Å². The minimum Gasteiger partial charge on any atom is -0.336 e. The summed E-state index contributed by atoms with van der Waals surface area (Å²) in [6.07, 6.45) is 7.57. The summed E-state index contributed by atoms with van der Waals surface area (Å²) in [6.45, 7) is 6.57. The molecule has 1 unspecified atom stereocenters. The minimum absolute atomic E-state index is 0.223. The Kier molecular flexibility index (Phi) is 3.84. The highest BCUT2D eigenvalue weighted by Gasteiger charge is 2.42. The fourth-order valence-corrected chi connectivity index (χ4v) is 3.63. The van der Waals surface area contributed by atoms with Crippen LogP contribution in [-0.4, -0.2) is 36.0 Å². The van der Waals surface area contributed by atoms with Crippen molar-refractivity contribution in [3.05, 3.63) is 0 Å². The maximum Gasteiger partial charge on any atom is 0.226 e. The molecule has 19 heavy (non-hydrogen) atoms. The molecule has 1 N–H and O–H groups in total. The molecule has 0 spiro atoms. The van der Waals surface area contributed by atoms with E-state index >= 15 is 0 Å². The van der Waals surface area contributed by atoms with E-state index < -0.39 is 0 Å². The summed E-state index contributed by atoms with van der Waals surface area (Å²) in [6, 6.07) is 1.13. The van der Waals surface area contributed by atoms with Crippen LogP contribution in [-0.2, 0) is 4.79 Å². The van der Waals surface area contributed by atoms with Gasteiger partial charge in [0.1, 0.15) is 0 Å². The second-order valence-corrected chi connectivity index (χ2v) is 7.10. The maximum absolute atomic E-state index is 12.8. The highest BCUT2D eigenvalue weighted by molar-refractivity contribution is 5.80. The number of nitrogens with zero attached hydrogens (tertiary/aromatic N) is 1. The molecule has 3 nitrogen and oxygen atoms in total. The van der Waals surface area contributed by atoms with Crippen LogP contribution in [0, 0.1) is 17.8 Å². The summed E-state index contributed by atoms with van der Waals surface area (Å²) < 4.78 is 0. The molecule has 1 saturated heterocycles. The van der Waals surface area contributed by atoms with Crippen LogP contribution in [0.15, 0.2) is 0 Å². The molecule has 3 rings (SSSR count). The van der Waals surface area contributed by atoms with Gasteiger partial charge in [-0.05, 0) is 63.5 Å². The molecule has 108 valence electrons. The highest BCUT2D eigenvalue weighted by Crippen LogP contribution is 2.37. The fourth-order valence-electron chi connectivity index (χ4n) is 3.63. The van der Waals surface area contributed by atoms with Crippen LogP contribution in [0.25, 0.3) is 0 Å². The lowest BCUT2D eigenvalue weighted by Crippen LogP contribution is -2.53. The molecule has 1 atom stereocenters. The highest BCUT2D eigenvalue weighted by atomic mass is 16.2. The number of hydrogen-bond donors (Lipinski definition) is 1. The molecule has 1 amide bonds. The van der Waals surface area contributed by atoms with Crippen LogP contribution in [0.4, 0.5) is 0 Å². The summed E-state index contributed by atoms with van der Waals surface area (Å²) in [5.41, 5.74) is 0. The summed E-state index contributed by atoms with van der Waals surface area (Å²) in [4.78, 5) is 15.2. The smallest absolute Gasteiger partial charge is 0.226 e. The Morgan fingerprint density at radius 1 is 1.05 bits per heavy atom. The molecule has 2 aliphatic carbocycles. The molecule has 3 heteroatoms. The molecular formula is C16H28N2O. The van der Waals surface area contributed by atoms with Crippen LogP contribution in [0.2, 0.25) is 0 Å². The Bertz CT molecular complexity index is 328. The Balaban J connectivity index is 1.64. The monoisotopic (exact) mass is 264 g/mol.